The van der Waals surface area contributed by atoms with Crippen LogP contribution in [0.25, 0.3) is 0 Å². The number of thioether (sulfide) groups is 1. The number of hydrogen-bond donors (Lipinski definition) is 3. The van der Waals surface area contributed by atoms with E-state index in [0.29, 0.717) is 0 Å². The number of hydrogen-bond acceptors (Lipinski definition) is 3. The second-order valence-electron chi connectivity index (χ2n) is 5.67. The molecule has 5 nitrogen and oxygen atoms in total. The Morgan fingerprint density at radius 2 is 2.06 bits per heavy atom. The lowest BCUT2D eigenvalue weighted by atomic mass is 9.87. The number of rotatable bonds is 3. The first-order chi connectivity index (χ1) is 8.30. The minimum Gasteiger partial charge on any atom is -0.480 e. The summed E-state index contributed by atoms with van der Waals surface area (Å²) in [5.41, 5.74) is -0.509. The van der Waals surface area contributed by atoms with Gasteiger partial charge in [-0.2, -0.15) is 11.8 Å². The normalized spacial score (nSPS) is 22.1. The third-order valence-electron chi connectivity index (χ3n) is 2.88. The first kappa shape index (κ1) is 15.1. The Morgan fingerprint density at radius 3 is 2.50 bits per heavy atom. The zero-order valence-electron chi connectivity index (χ0n) is 11.2. The fraction of sp³-hybridized carbons (Fsp3) is 0.833. The van der Waals surface area contributed by atoms with E-state index < -0.39 is 17.4 Å². The van der Waals surface area contributed by atoms with E-state index in [1.165, 1.54) is 0 Å². The average Bonchev–Trinajstić information content (AvgIpc) is 2.25. The summed E-state index contributed by atoms with van der Waals surface area (Å²) in [5.74, 6) is 1.04. The van der Waals surface area contributed by atoms with Gasteiger partial charge in [0.25, 0.3) is 0 Å². The topological polar surface area (TPSA) is 78.4 Å². The molecule has 0 spiro atoms. The van der Waals surface area contributed by atoms with Gasteiger partial charge in [0.15, 0.2) is 0 Å². The number of nitrogens with one attached hydrogen (secondary N) is 2. The molecule has 3 N–H and O–H groups in total. The van der Waals surface area contributed by atoms with Crippen molar-refractivity contribution in [3.05, 3.63) is 0 Å². The van der Waals surface area contributed by atoms with Gasteiger partial charge >= 0.3 is 12.0 Å². The van der Waals surface area contributed by atoms with Crippen molar-refractivity contribution in [1.29, 1.82) is 0 Å². The lowest BCUT2D eigenvalue weighted by Gasteiger charge is -2.29. The predicted molar refractivity (Wildman–Crippen MR) is 72.9 cm³/mol. The van der Waals surface area contributed by atoms with Gasteiger partial charge in [-0.05, 0) is 24.0 Å². The summed E-state index contributed by atoms with van der Waals surface area (Å²) >= 11 is 1.82. The Morgan fingerprint density at radius 1 is 1.39 bits per heavy atom. The van der Waals surface area contributed by atoms with Crippen LogP contribution < -0.4 is 10.6 Å². The van der Waals surface area contributed by atoms with Crippen molar-refractivity contribution in [2.75, 3.05) is 11.5 Å². The van der Waals surface area contributed by atoms with Crippen LogP contribution in [-0.2, 0) is 4.79 Å². The van der Waals surface area contributed by atoms with Gasteiger partial charge in [0.05, 0.1) is 0 Å². The number of urea groups is 1. The zero-order valence-corrected chi connectivity index (χ0v) is 12.0. The summed E-state index contributed by atoms with van der Waals surface area (Å²) in [4.78, 5) is 22.9. The number of carbonyl (C=O) groups is 2. The molecule has 0 bridgehead atoms. The molecule has 1 saturated heterocycles. The molecule has 0 aromatic rings. The minimum absolute atomic E-state index is 0.151. The Balaban J connectivity index is 2.48. The van der Waals surface area contributed by atoms with Crippen LogP contribution in [0.5, 0.6) is 0 Å². The molecule has 2 atom stereocenters. The summed E-state index contributed by atoms with van der Waals surface area (Å²) in [6.45, 7) is 5.38. The molecule has 1 rings (SSSR count). The van der Waals surface area contributed by atoms with Crippen molar-refractivity contribution < 1.29 is 14.7 Å². The van der Waals surface area contributed by atoms with E-state index in [9.17, 15) is 9.59 Å². The van der Waals surface area contributed by atoms with Gasteiger partial charge in [0, 0.05) is 11.8 Å². The van der Waals surface area contributed by atoms with Crippen LogP contribution in [0.1, 0.15) is 33.6 Å². The molecule has 0 radical (unpaired) electrons. The van der Waals surface area contributed by atoms with E-state index in [1.54, 1.807) is 20.8 Å². The zero-order chi connectivity index (χ0) is 13.8. The van der Waals surface area contributed by atoms with Crippen molar-refractivity contribution in [1.82, 2.24) is 10.6 Å². The molecular weight excluding hydrogens is 252 g/mol. The van der Waals surface area contributed by atoms with E-state index in [1.807, 2.05) is 11.8 Å². The number of amides is 2. The molecule has 2 amide bonds. The maximum absolute atomic E-state index is 11.8. The number of carbonyl (C=O) groups excluding carboxylic acids is 1. The first-order valence-electron chi connectivity index (χ1n) is 6.18. The van der Waals surface area contributed by atoms with Gasteiger partial charge in [-0.3, -0.25) is 0 Å². The third kappa shape index (κ3) is 4.76. The van der Waals surface area contributed by atoms with Crippen LogP contribution >= 0.6 is 11.8 Å². The second kappa shape index (κ2) is 6.31. The summed E-state index contributed by atoms with van der Waals surface area (Å²) in [6, 6.07) is -1.11. The SMILES string of the molecule is CC(C)(C)[C@H](NC(=O)NC1CCCSC1)C(=O)O. The number of carboxylic acids is 1. The third-order valence-corrected chi connectivity index (χ3v) is 4.10. The average molecular weight is 274 g/mol. The summed E-state index contributed by atoms with van der Waals surface area (Å²) < 4.78 is 0. The van der Waals surface area contributed by atoms with Gasteiger partial charge < -0.3 is 15.7 Å². The molecule has 18 heavy (non-hydrogen) atoms. The van der Waals surface area contributed by atoms with Crippen molar-refractivity contribution >= 4 is 23.8 Å². The summed E-state index contributed by atoms with van der Waals surface area (Å²) in [5, 5.41) is 14.5. The highest BCUT2D eigenvalue weighted by atomic mass is 32.2. The van der Waals surface area contributed by atoms with Gasteiger partial charge in [-0.25, -0.2) is 9.59 Å². The largest absolute Gasteiger partial charge is 0.480 e. The van der Waals surface area contributed by atoms with E-state index >= 15 is 0 Å². The first-order valence-corrected chi connectivity index (χ1v) is 7.34. The Bertz CT molecular complexity index is 309. The van der Waals surface area contributed by atoms with Crippen LogP contribution in [0, 0.1) is 5.41 Å². The van der Waals surface area contributed by atoms with Crippen LogP contribution in [0.2, 0.25) is 0 Å². The molecule has 1 fully saturated rings. The molecule has 0 aromatic carbocycles. The maximum Gasteiger partial charge on any atom is 0.326 e. The van der Waals surface area contributed by atoms with E-state index in [2.05, 4.69) is 10.6 Å². The highest BCUT2D eigenvalue weighted by Crippen LogP contribution is 2.20. The van der Waals surface area contributed by atoms with Crippen molar-refractivity contribution in [2.24, 2.45) is 5.41 Å². The summed E-state index contributed by atoms with van der Waals surface area (Å²) in [7, 11) is 0. The molecular formula is C12H22N2O3S. The van der Waals surface area contributed by atoms with Gasteiger partial charge in [0.2, 0.25) is 0 Å². The van der Waals surface area contributed by atoms with Crippen molar-refractivity contribution in [3.63, 3.8) is 0 Å². The van der Waals surface area contributed by atoms with Crippen LogP contribution in [0.15, 0.2) is 0 Å². The Hall–Kier alpha value is -0.910. The molecule has 6 heteroatoms. The monoisotopic (exact) mass is 274 g/mol. The fourth-order valence-corrected chi connectivity index (χ4v) is 2.93. The molecule has 0 aromatic heterocycles. The van der Waals surface area contributed by atoms with Gasteiger partial charge in [-0.15, -0.1) is 0 Å². The fourth-order valence-electron chi connectivity index (χ4n) is 1.86. The highest BCUT2D eigenvalue weighted by molar-refractivity contribution is 7.99. The van der Waals surface area contributed by atoms with E-state index in [4.69, 9.17) is 5.11 Å². The standard InChI is InChI=1S/C12H22N2O3S/c1-12(2,3)9(10(15)16)14-11(17)13-8-5-4-6-18-7-8/h8-9H,4-7H2,1-3H3,(H,15,16)(H2,13,14,17)/t8?,9-/m1/s1. The molecule has 0 aliphatic carbocycles. The van der Waals surface area contributed by atoms with Crippen LogP contribution in [-0.4, -0.2) is 40.7 Å². The maximum atomic E-state index is 11.8. The number of carboxylic acid groups (broad SMARTS) is 1. The van der Waals surface area contributed by atoms with Crippen LogP contribution in [0.4, 0.5) is 4.79 Å². The lowest BCUT2D eigenvalue weighted by molar-refractivity contribution is -0.141. The Labute approximate surface area is 112 Å². The molecule has 0 saturated carbocycles. The lowest BCUT2D eigenvalue weighted by Crippen LogP contribution is -2.54. The van der Waals surface area contributed by atoms with Gasteiger partial charge in [-0.1, -0.05) is 20.8 Å². The van der Waals surface area contributed by atoms with Crippen molar-refractivity contribution in [2.45, 2.75) is 45.7 Å². The smallest absolute Gasteiger partial charge is 0.326 e. The number of aliphatic carboxylic acids is 1. The molecule has 1 aliphatic rings. The molecule has 1 heterocycles. The predicted octanol–water partition coefficient (Wildman–Crippen LogP) is 1.68. The van der Waals surface area contributed by atoms with E-state index in [-0.39, 0.29) is 12.1 Å². The molecule has 1 unspecified atom stereocenters. The van der Waals surface area contributed by atoms with Gasteiger partial charge in [0.1, 0.15) is 6.04 Å². The van der Waals surface area contributed by atoms with E-state index in [0.717, 1.165) is 24.3 Å². The molecule has 1 aliphatic heterocycles. The molecule has 104 valence electrons. The summed E-state index contributed by atoms with van der Waals surface area (Å²) in [6.07, 6.45) is 2.06. The minimum atomic E-state index is -1.00. The highest BCUT2D eigenvalue weighted by Gasteiger charge is 2.33. The van der Waals surface area contributed by atoms with Crippen molar-refractivity contribution in [3.8, 4) is 0 Å². The van der Waals surface area contributed by atoms with Crippen LogP contribution in [0.3, 0.4) is 0 Å². The second-order valence-corrected chi connectivity index (χ2v) is 6.82. The quantitative estimate of drug-likeness (QED) is 0.731. The Kier molecular flexibility index (Phi) is 5.31.